The Bertz CT molecular complexity index is 918. The number of thiophene rings is 1. The second-order valence-corrected chi connectivity index (χ2v) is 7.62. The molecule has 1 N–H and O–H groups in total. The van der Waals surface area contributed by atoms with Crippen LogP contribution in [0.5, 0.6) is 0 Å². The first kappa shape index (κ1) is 18.4. The molecule has 2 amide bonds. The minimum absolute atomic E-state index is 0.0420. The molecule has 1 saturated heterocycles. The van der Waals surface area contributed by atoms with E-state index in [-0.39, 0.29) is 6.03 Å². The summed E-state index contributed by atoms with van der Waals surface area (Å²) in [5.41, 5.74) is 2.94. The Labute approximate surface area is 168 Å². The van der Waals surface area contributed by atoms with E-state index in [1.165, 1.54) is 0 Å². The van der Waals surface area contributed by atoms with E-state index in [1.807, 2.05) is 58.8 Å². The number of urea groups is 1. The summed E-state index contributed by atoms with van der Waals surface area (Å²) >= 11 is 1.66. The van der Waals surface area contributed by atoms with Crippen molar-refractivity contribution in [2.45, 2.75) is 13.3 Å². The summed E-state index contributed by atoms with van der Waals surface area (Å²) in [4.78, 5) is 17.8. The predicted octanol–water partition coefficient (Wildman–Crippen LogP) is 4.12. The summed E-state index contributed by atoms with van der Waals surface area (Å²) in [7, 11) is 0. The summed E-state index contributed by atoms with van der Waals surface area (Å²) in [6.07, 6.45) is 0.893. The maximum Gasteiger partial charge on any atom is 0.321 e. The van der Waals surface area contributed by atoms with Crippen LogP contribution in [0, 0.1) is 0 Å². The van der Waals surface area contributed by atoms with E-state index in [0.29, 0.717) is 13.1 Å². The monoisotopic (exact) mass is 393 g/mol. The SMILES string of the molecule is CCc1ccccc1NC(=O)N1CCN(c2ccc(-c3cccs3)nn2)CC1. The molecular formula is C21H23N5OS. The maximum absolute atomic E-state index is 12.6. The second kappa shape index (κ2) is 8.39. The fraction of sp³-hybridized carbons (Fsp3) is 0.286. The molecule has 0 spiro atoms. The zero-order chi connectivity index (χ0) is 19.3. The molecule has 1 aliphatic rings. The summed E-state index contributed by atoms with van der Waals surface area (Å²) in [6.45, 7) is 4.91. The largest absolute Gasteiger partial charge is 0.352 e. The van der Waals surface area contributed by atoms with E-state index in [2.05, 4.69) is 27.3 Å². The van der Waals surface area contributed by atoms with Crippen LogP contribution >= 0.6 is 11.3 Å². The van der Waals surface area contributed by atoms with Crippen LogP contribution in [0.4, 0.5) is 16.3 Å². The average molecular weight is 394 g/mol. The number of nitrogens with zero attached hydrogens (tertiary/aromatic N) is 4. The van der Waals surface area contributed by atoms with E-state index in [9.17, 15) is 4.79 Å². The van der Waals surface area contributed by atoms with Crippen LogP contribution in [0.2, 0.25) is 0 Å². The van der Waals surface area contributed by atoms with Gasteiger partial charge < -0.3 is 15.1 Å². The molecule has 7 heteroatoms. The van der Waals surface area contributed by atoms with E-state index >= 15 is 0 Å². The summed E-state index contributed by atoms with van der Waals surface area (Å²) in [5.74, 6) is 0.858. The molecule has 0 bridgehead atoms. The van der Waals surface area contributed by atoms with E-state index in [1.54, 1.807) is 11.3 Å². The van der Waals surface area contributed by atoms with Gasteiger partial charge in [-0.1, -0.05) is 31.2 Å². The van der Waals surface area contributed by atoms with Crippen molar-refractivity contribution in [2.24, 2.45) is 0 Å². The summed E-state index contributed by atoms with van der Waals surface area (Å²) in [5, 5.41) is 13.8. The minimum atomic E-state index is -0.0420. The van der Waals surface area contributed by atoms with Crippen molar-refractivity contribution in [3.05, 3.63) is 59.5 Å². The van der Waals surface area contributed by atoms with Crippen LogP contribution in [-0.2, 0) is 6.42 Å². The Balaban J connectivity index is 1.34. The number of carbonyl (C=O) groups excluding carboxylic acids is 1. The molecule has 4 rings (SSSR count). The number of aromatic nitrogens is 2. The fourth-order valence-electron chi connectivity index (χ4n) is 3.33. The summed E-state index contributed by atoms with van der Waals surface area (Å²) in [6, 6.07) is 16.0. The molecule has 0 atom stereocenters. The Kier molecular flexibility index (Phi) is 5.53. The lowest BCUT2D eigenvalue weighted by Gasteiger charge is -2.35. The van der Waals surface area contributed by atoms with Crippen LogP contribution in [0.25, 0.3) is 10.6 Å². The Morgan fingerprint density at radius 3 is 2.54 bits per heavy atom. The van der Waals surface area contributed by atoms with Gasteiger partial charge in [0.05, 0.1) is 4.88 Å². The third kappa shape index (κ3) is 3.99. The molecule has 28 heavy (non-hydrogen) atoms. The molecule has 2 aromatic heterocycles. The number of carbonyl (C=O) groups is 1. The lowest BCUT2D eigenvalue weighted by molar-refractivity contribution is 0.208. The number of rotatable bonds is 4. The highest BCUT2D eigenvalue weighted by molar-refractivity contribution is 7.13. The van der Waals surface area contributed by atoms with Gasteiger partial charge >= 0.3 is 6.03 Å². The van der Waals surface area contributed by atoms with Crippen molar-refractivity contribution in [3.63, 3.8) is 0 Å². The number of piperazine rings is 1. The Morgan fingerprint density at radius 1 is 1.04 bits per heavy atom. The average Bonchev–Trinajstić information content (AvgIpc) is 3.29. The lowest BCUT2D eigenvalue weighted by atomic mass is 10.1. The fourth-order valence-corrected chi connectivity index (χ4v) is 4.02. The number of aryl methyl sites for hydroxylation is 1. The molecule has 1 fully saturated rings. The van der Waals surface area contributed by atoms with E-state index in [0.717, 1.165) is 47.2 Å². The van der Waals surface area contributed by atoms with Crippen LogP contribution in [0.3, 0.4) is 0 Å². The lowest BCUT2D eigenvalue weighted by Crippen LogP contribution is -2.50. The molecular weight excluding hydrogens is 370 g/mol. The van der Waals surface area contributed by atoms with Gasteiger partial charge in [0.2, 0.25) is 0 Å². The minimum Gasteiger partial charge on any atom is -0.352 e. The number of hydrogen-bond acceptors (Lipinski definition) is 5. The number of amides is 2. The highest BCUT2D eigenvalue weighted by atomic mass is 32.1. The molecule has 0 radical (unpaired) electrons. The van der Waals surface area contributed by atoms with Gasteiger partial charge in [0.25, 0.3) is 0 Å². The normalized spacial score (nSPS) is 14.2. The van der Waals surface area contributed by atoms with Crippen molar-refractivity contribution in [3.8, 4) is 10.6 Å². The van der Waals surface area contributed by atoms with Crippen molar-refractivity contribution >= 4 is 28.9 Å². The van der Waals surface area contributed by atoms with Crippen molar-refractivity contribution < 1.29 is 4.79 Å². The number of para-hydroxylation sites is 1. The number of anilines is 2. The van der Waals surface area contributed by atoms with Gasteiger partial charge in [-0.2, -0.15) is 0 Å². The molecule has 1 aromatic carbocycles. The topological polar surface area (TPSA) is 61.4 Å². The third-order valence-corrected chi connectivity index (χ3v) is 5.85. The van der Waals surface area contributed by atoms with E-state index in [4.69, 9.17) is 0 Å². The van der Waals surface area contributed by atoms with Crippen molar-refractivity contribution in [2.75, 3.05) is 36.4 Å². The van der Waals surface area contributed by atoms with E-state index < -0.39 is 0 Å². The molecule has 3 aromatic rings. The van der Waals surface area contributed by atoms with Gasteiger partial charge in [0.15, 0.2) is 5.82 Å². The van der Waals surface area contributed by atoms with Gasteiger partial charge in [-0.25, -0.2) is 4.79 Å². The number of hydrogen-bond donors (Lipinski definition) is 1. The molecule has 144 valence electrons. The van der Waals surface area contributed by atoms with Crippen LogP contribution < -0.4 is 10.2 Å². The molecule has 0 unspecified atom stereocenters. The highest BCUT2D eigenvalue weighted by Crippen LogP contribution is 2.23. The molecule has 0 saturated carbocycles. The molecule has 6 nitrogen and oxygen atoms in total. The van der Waals surface area contributed by atoms with Gasteiger partial charge in [-0.15, -0.1) is 21.5 Å². The van der Waals surface area contributed by atoms with Gasteiger partial charge in [0, 0.05) is 31.9 Å². The standard InChI is InChI=1S/C21H23N5OS/c1-2-16-6-3-4-7-17(16)22-21(27)26-13-11-25(12-14-26)20-10-9-18(23-24-20)19-8-5-15-28-19/h3-10,15H,2,11-14H2,1H3,(H,22,27). The van der Waals surface area contributed by atoms with Crippen molar-refractivity contribution in [1.82, 2.24) is 15.1 Å². The maximum atomic E-state index is 12.6. The first-order valence-corrected chi connectivity index (χ1v) is 10.4. The van der Waals surface area contributed by atoms with Crippen LogP contribution in [-0.4, -0.2) is 47.3 Å². The van der Waals surface area contributed by atoms with Crippen molar-refractivity contribution in [1.29, 1.82) is 0 Å². The second-order valence-electron chi connectivity index (χ2n) is 6.67. The Hall–Kier alpha value is -2.93. The van der Waals surface area contributed by atoms with Gasteiger partial charge in [-0.05, 0) is 41.6 Å². The zero-order valence-corrected chi connectivity index (χ0v) is 16.7. The van der Waals surface area contributed by atoms with Gasteiger partial charge in [0.1, 0.15) is 5.69 Å². The first-order valence-electron chi connectivity index (χ1n) is 9.51. The predicted molar refractivity (Wildman–Crippen MR) is 114 cm³/mol. The zero-order valence-electron chi connectivity index (χ0n) is 15.8. The smallest absolute Gasteiger partial charge is 0.321 e. The quantitative estimate of drug-likeness (QED) is 0.724. The van der Waals surface area contributed by atoms with Crippen LogP contribution in [0.15, 0.2) is 53.9 Å². The first-order chi connectivity index (χ1) is 13.7. The Morgan fingerprint density at radius 2 is 1.86 bits per heavy atom. The third-order valence-electron chi connectivity index (χ3n) is 4.95. The van der Waals surface area contributed by atoms with Crippen LogP contribution in [0.1, 0.15) is 12.5 Å². The molecule has 3 heterocycles. The summed E-state index contributed by atoms with van der Waals surface area (Å²) < 4.78 is 0. The highest BCUT2D eigenvalue weighted by Gasteiger charge is 2.22. The molecule has 0 aliphatic carbocycles. The number of nitrogens with one attached hydrogen (secondary N) is 1. The number of benzene rings is 1. The van der Waals surface area contributed by atoms with Gasteiger partial charge in [-0.3, -0.25) is 0 Å². The molecule has 1 aliphatic heterocycles.